The minimum absolute atomic E-state index is 0.364. The van der Waals surface area contributed by atoms with Gasteiger partial charge in [0.15, 0.2) is 0 Å². The summed E-state index contributed by atoms with van der Waals surface area (Å²) < 4.78 is 0. The lowest BCUT2D eigenvalue weighted by atomic mass is 9.90. The number of nitrogens with one attached hydrogen (secondary N) is 1. The molecule has 0 aromatic heterocycles. The molecule has 100 valence electrons. The molecule has 1 fully saturated rings. The Morgan fingerprint density at radius 1 is 1.16 bits per heavy atom. The van der Waals surface area contributed by atoms with E-state index in [2.05, 4.69) is 68.6 Å². The van der Waals surface area contributed by atoms with Crippen molar-refractivity contribution >= 4 is 10.8 Å². The molecule has 0 aliphatic heterocycles. The molecule has 3 rings (SSSR count). The summed E-state index contributed by atoms with van der Waals surface area (Å²) >= 11 is 0. The van der Waals surface area contributed by atoms with Gasteiger partial charge in [0, 0.05) is 6.04 Å². The first-order chi connectivity index (χ1) is 9.11. The highest BCUT2D eigenvalue weighted by atomic mass is 14.9. The Hall–Kier alpha value is -1.34. The summed E-state index contributed by atoms with van der Waals surface area (Å²) in [4.78, 5) is 0. The molecule has 1 N–H and O–H groups in total. The zero-order valence-electron chi connectivity index (χ0n) is 12.1. The molecule has 1 saturated carbocycles. The molecule has 2 atom stereocenters. The van der Waals surface area contributed by atoms with Gasteiger partial charge in [0.1, 0.15) is 0 Å². The summed E-state index contributed by atoms with van der Waals surface area (Å²) in [7, 11) is 0. The second kappa shape index (κ2) is 4.64. The van der Waals surface area contributed by atoms with E-state index >= 15 is 0 Å². The van der Waals surface area contributed by atoms with Crippen molar-refractivity contribution < 1.29 is 0 Å². The Bertz CT molecular complexity index is 582. The fraction of sp³-hybridized carbons (Fsp3) is 0.444. The minimum atomic E-state index is 0.364. The van der Waals surface area contributed by atoms with Crippen molar-refractivity contribution in [3.05, 3.63) is 48.0 Å². The molecule has 0 spiro atoms. The average molecular weight is 253 g/mol. The van der Waals surface area contributed by atoms with Gasteiger partial charge in [0.25, 0.3) is 0 Å². The Labute approximate surface area is 116 Å². The van der Waals surface area contributed by atoms with Crippen LogP contribution in [0.2, 0.25) is 0 Å². The van der Waals surface area contributed by atoms with Gasteiger partial charge in [-0.1, -0.05) is 63.2 Å². The van der Waals surface area contributed by atoms with Crippen molar-refractivity contribution in [2.24, 2.45) is 5.92 Å². The highest BCUT2D eigenvalue weighted by Gasteiger charge is 2.51. The van der Waals surface area contributed by atoms with E-state index in [0.717, 1.165) is 12.5 Å². The number of hydrogen-bond acceptors (Lipinski definition) is 1. The zero-order chi connectivity index (χ0) is 13.5. The smallest absolute Gasteiger partial charge is 0.00104 e. The molecule has 2 aromatic carbocycles. The van der Waals surface area contributed by atoms with Crippen molar-refractivity contribution in [2.75, 3.05) is 6.54 Å². The van der Waals surface area contributed by atoms with Crippen LogP contribution in [0, 0.1) is 5.92 Å². The minimum Gasteiger partial charge on any atom is -0.314 e. The summed E-state index contributed by atoms with van der Waals surface area (Å²) in [6.07, 6.45) is 1.31. The van der Waals surface area contributed by atoms with Gasteiger partial charge >= 0.3 is 0 Å². The summed E-state index contributed by atoms with van der Waals surface area (Å²) in [5.41, 5.74) is 1.89. The first-order valence-electron chi connectivity index (χ1n) is 7.33. The highest BCUT2D eigenvalue weighted by Crippen LogP contribution is 2.55. The molecule has 1 heteroatoms. The van der Waals surface area contributed by atoms with E-state index in [1.54, 1.807) is 0 Å². The molecular weight excluding hydrogens is 230 g/mol. The molecule has 1 aliphatic rings. The van der Waals surface area contributed by atoms with Crippen LogP contribution in [0.1, 0.15) is 32.8 Å². The van der Waals surface area contributed by atoms with E-state index < -0.39 is 0 Å². The number of rotatable bonds is 4. The Morgan fingerprint density at radius 2 is 1.89 bits per heavy atom. The monoisotopic (exact) mass is 253 g/mol. The molecule has 0 heterocycles. The second-order valence-electron chi connectivity index (χ2n) is 6.41. The molecule has 19 heavy (non-hydrogen) atoms. The van der Waals surface area contributed by atoms with Gasteiger partial charge in [0.05, 0.1) is 0 Å². The van der Waals surface area contributed by atoms with Crippen LogP contribution in [0.15, 0.2) is 42.5 Å². The first kappa shape index (κ1) is 12.7. The van der Waals surface area contributed by atoms with Gasteiger partial charge in [-0.3, -0.25) is 0 Å². The topological polar surface area (TPSA) is 12.0 Å². The molecular formula is C18H23N. The molecule has 0 radical (unpaired) electrons. The van der Waals surface area contributed by atoms with Crippen molar-refractivity contribution in [1.82, 2.24) is 5.32 Å². The van der Waals surface area contributed by atoms with E-state index in [0.29, 0.717) is 11.5 Å². The van der Waals surface area contributed by atoms with Crippen molar-refractivity contribution in [3.8, 4) is 0 Å². The summed E-state index contributed by atoms with van der Waals surface area (Å²) in [6, 6.07) is 16.1. The SMILES string of the molecule is CC(C)NCC1CC1(C)c1cccc2ccccc12. The molecule has 1 nitrogen and oxygen atoms in total. The third-order valence-electron chi connectivity index (χ3n) is 4.59. The van der Waals surface area contributed by atoms with Gasteiger partial charge < -0.3 is 5.32 Å². The van der Waals surface area contributed by atoms with Crippen LogP contribution < -0.4 is 5.32 Å². The van der Waals surface area contributed by atoms with Crippen molar-refractivity contribution in [3.63, 3.8) is 0 Å². The molecule has 1 aliphatic carbocycles. The highest BCUT2D eigenvalue weighted by molar-refractivity contribution is 5.87. The van der Waals surface area contributed by atoms with Crippen molar-refractivity contribution in [2.45, 2.75) is 38.6 Å². The van der Waals surface area contributed by atoms with E-state index in [1.807, 2.05) is 0 Å². The molecule has 0 amide bonds. The Morgan fingerprint density at radius 3 is 2.68 bits per heavy atom. The fourth-order valence-electron chi connectivity index (χ4n) is 3.18. The lowest BCUT2D eigenvalue weighted by molar-refractivity contribution is 0.529. The standard InChI is InChI=1S/C18H23N/c1-13(2)19-12-15-11-18(15,3)17-10-6-8-14-7-4-5-9-16(14)17/h4-10,13,15,19H,11-12H2,1-3H3. The van der Waals surface area contributed by atoms with E-state index in [4.69, 9.17) is 0 Å². The Kier molecular flexibility index (Phi) is 3.10. The van der Waals surface area contributed by atoms with E-state index in [1.165, 1.54) is 22.8 Å². The van der Waals surface area contributed by atoms with Crippen molar-refractivity contribution in [1.29, 1.82) is 0 Å². The maximum atomic E-state index is 3.58. The average Bonchev–Trinajstić information content (AvgIpc) is 3.08. The fourth-order valence-corrected chi connectivity index (χ4v) is 3.18. The van der Waals surface area contributed by atoms with Gasteiger partial charge in [-0.05, 0) is 40.6 Å². The molecule has 0 saturated heterocycles. The van der Waals surface area contributed by atoms with Crippen LogP contribution >= 0.6 is 0 Å². The lowest BCUT2D eigenvalue weighted by Crippen LogP contribution is -2.26. The number of benzene rings is 2. The largest absolute Gasteiger partial charge is 0.314 e. The zero-order valence-corrected chi connectivity index (χ0v) is 12.1. The first-order valence-corrected chi connectivity index (χ1v) is 7.33. The van der Waals surface area contributed by atoms with Gasteiger partial charge in [-0.25, -0.2) is 0 Å². The third kappa shape index (κ3) is 2.28. The maximum absolute atomic E-state index is 3.58. The molecule has 2 unspecified atom stereocenters. The lowest BCUT2D eigenvalue weighted by Gasteiger charge is -2.16. The van der Waals surface area contributed by atoms with E-state index in [9.17, 15) is 0 Å². The van der Waals surface area contributed by atoms with Gasteiger partial charge in [-0.15, -0.1) is 0 Å². The van der Waals surface area contributed by atoms with Crippen LogP contribution in [-0.4, -0.2) is 12.6 Å². The quantitative estimate of drug-likeness (QED) is 0.864. The van der Waals surface area contributed by atoms with Gasteiger partial charge in [0.2, 0.25) is 0 Å². The maximum Gasteiger partial charge on any atom is 0.00104 e. The van der Waals surface area contributed by atoms with Crippen LogP contribution in [0.5, 0.6) is 0 Å². The second-order valence-corrected chi connectivity index (χ2v) is 6.41. The van der Waals surface area contributed by atoms with Gasteiger partial charge in [-0.2, -0.15) is 0 Å². The summed E-state index contributed by atoms with van der Waals surface area (Å²) in [5.74, 6) is 0.778. The normalized spacial score (nSPS) is 26.0. The predicted molar refractivity (Wildman–Crippen MR) is 82.5 cm³/mol. The summed E-state index contributed by atoms with van der Waals surface area (Å²) in [6.45, 7) is 7.99. The number of fused-ring (bicyclic) bond motifs is 1. The van der Waals surface area contributed by atoms with Crippen LogP contribution in [0.25, 0.3) is 10.8 Å². The molecule has 2 aromatic rings. The van der Waals surface area contributed by atoms with Crippen LogP contribution in [-0.2, 0) is 5.41 Å². The van der Waals surface area contributed by atoms with Crippen LogP contribution in [0.3, 0.4) is 0 Å². The van der Waals surface area contributed by atoms with Crippen LogP contribution in [0.4, 0.5) is 0 Å². The predicted octanol–water partition coefficient (Wildman–Crippen LogP) is 4.12. The molecule has 0 bridgehead atoms. The van der Waals surface area contributed by atoms with E-state index in [-0.39, 0.29) is 0 Å². The Balaban J connectivity index is 1.89. The third-order valence-corrected chi connectivity index (χ3v) is 4.59. The summed E-state index contributed by atoms with van der Waals surface area (Å²) in [5, 5.41) is 6.38. The number of hydrogen-bond donors (Lipinski definition) is 1.